The number of H-pyrrole nitrogens is 1. The van der Waals surface area contributed by atoms with Crippen molar-refractivity contribution < 1.29 is 4.74 Å². The summed E-state index contributed by atoms with van der Waals surface area (Å²) in [6.07, 6.45) is 0.828. The van der Waals surface area contributed by atoms with Crippen LogP contribution >= 0.6 is 0 Å². The lowest BCUT2D eigenvalue weighted by atomic mass is 9.96. The summed E-state index contributed by atoms with van der Waals surface area (Å²) in [4.78, 5) is 4.61. The van der Waals surface area contributed by atoms with Crippen LogP contribution < -0.4 is 4.74 Å². The second-order valence-electron chi connectivity index (χ2n) is 6.52. The minimum Gasteiger partial charge on any atom is -0.494 e. The van der Waals surface area contributed by atoms with Crippen molar-refractivity contribution in [3.63, 3.8) is 0 Å². The maximum atomic E-state index is 5.67. The van der Waals surface area contributed by atoms with E-state index in [0.717, 1.165) is 51.4 Å². The third-order valence-corrected chi connectivity index (χ3v) is 4.74. The van der Waals surface area contributed by atoms with Crippen molar-refractivity contribution in [3.8, 4) is 39.4 Å². The molecule has 0 saturated carbocycles. The van der Waals surface area contributed by atoms with Crippen LogP contribution in [0.15, 0.2) is 54.6 Å². The molecule has 4 aromatic rings. The number of methoxy groups -OCH3 is 1. The monoisotopic (exact) mass is 371 g/mol. The third-order valence-electron chi connectivity index (χ3n) is 4.74. The highest BCUT2D eigenvalue weighted by molar-refractivity contribution is 5.82. The minimum absolute atomic E-state index is 0.652. The predicted molar refractivity (Wildman–Crippen MR) is 109 cm³/mol. The van der Waals surface area contributed by atoms with Crippen molar-refractivity contribution in [1.29, 1.82) is 0 Å². The lowest BCUT2D eigenvalue weighted by molar-refractivity contribution is 0.409. The van der Waals surface area contributed by atoms with Crippen molar-refractivity contribution in [3.05, 3.63) is 66.0 Å². The molecule has 2 aromatic heterocycles. The van der Waals surface area contributed by atoms with Gasteiger partial charge in [-0.3, -0.25) is 4.98 Å². The van der Waals surface area contributed by atoms with Gasteiger partial charge in [-0.1, -0.05) is 55.5 Å². The Morgan fingerprint density at radius 3 is 2.21 bits per heavy atom. The summed E-state index contributed by atoms with van der Waals surface area (Å²) in [5, 5.41) is 14.3. The molecule has 0 radical (unpaired) electrons. The molecule has 0 fully saturated rings. The number of ether oxygens (including phenoxy) is 1. The molecule has 0 amide bonds. The third kappa shape index (κ3) is 3.24. The van der Waals surface area contributed by atoms with E-state index in [1.165, 1.54) is 0 Å². The SMILES string of the molecule is CCc1nc(C)cc(-c2ccc(-c3ccccc3-c3nnn[nH]3)cc2)c1OC. The molecule has 6 nitrogen and oxygen atoms in total. The van der Waals surface area contributed by atoms with Gasteiger partial charge in [-0.05, 0) is 46.5 Å². The molecular weight excluding hydrogens is 350 g/mol. The maximum Gasteiger partial charge on any atom is 0.180 e. The van der Waals surface area contributed by atoms with E-state index in [1.807, 2.05) is 25.1 Å². The molecule has 6 heteroatoms. The van der Waals surface area contributed by atoms with E-state index >= 15 is 0 Å². The van der Waals surface area contributed by atoms with E-state index in [1.54, 1.807) is 7.11 Å². The number of rotatable bonds is 5. The molecule has 1 N–H and O–H groups in total. The van der Waals surface area contributed by atoms with Gasteiger partial charge >= 0.3 is 0 Å². The molecule has 0 aliphatic heterocycles. The number of aromatic amines is 1. The van der Waals surface area contributed by atoms with Gasteiger partial charge in [0, 0.05) is 16.8 Å². The lowest BCUT2D eigenvalue weighted by Gasteiger charge is -2.14. The largest absolute Gasteiger partial charge is 0.494 e. The number of tetrazole rings is 1. The zero-order valence-electron chi connectivity index (χ0n) is 16.1. The fourth-order valence-electron chi connectivity index (χ4n) is 3.45. The van der Waals surface area contributed by atoms with Crippen molar-refractivity contribution >= 4 is 0 Å². The Hall–Kier alpha value is -3.54. The van der Waals surface area contributed by atoms with Gasteiger partial charge in [0.15, 0.2) is 5.82 Å². The highest BCUT2D eigenvalue weighted by Crippen LogP contribution is 2.36. The second-order valence-corrected chi connectivity index (χ2v) is 6.52. The van der Waals surface area contributed by atoms with E-state index in [2.05, 4.69) is 68.9 Å². The van der Waals surface area contributed by atoms with E-state index < -0.39 is 0 Å². The van der Waals surface area contributed by atoms with Crippen LogP contribution in [0.1, 0.15) is 18.3 Å². The fourth-order valence-corrected chi connectivity index (χ4v) is 3.45. The van der Waals surface area contributed by atoms with Gasteiger partial charge in [0.1, 0.15) is 5.75 Å². The van der Waals surface area contributed by atoms with Crippen molar-refractivity contribution in [2.75, 3.05) is 7.11 Å². The Kier molecular flexibility index (Phi) is 4.85. The highest BCUT2D eigenvalue weighted by atomic mass is 16.5. The van der Waals surface area contributed by atoms with Gasteiger partial charge in [-0.25, -0.2) is 5.10 Å². The Labute approximate surface area is 163 Å². The summed E-state index contributed by atoms with van der Waals surface area (Å²) in [6, 6.07) is 18.6. The molecular formula is C22H21N5O. The predicted octanol–water partition coefficient (Wildman–Crippen LogP) is 4.48. The first-order valence-corrected chi connectivity index (χ1v) is 9.19. The van der Waals surface area contributed by atoms with Gasteiger partial charge in [0.2, 0.25) is 0 Å². The summed E-state index contributed by atoms with van der Waals surface area (Å²) in [6.45, 7) is 4.10. The molecule has 0 aliphatic rings. The molecule has 0 saturated heterocycles. The molecule has 28 heavy (non-hydrogen) atoms. The van der Waals surface area contributed by atoms with Crippen LogP contribution in [-0.2, 0) is 6.42 Å². The molecule has 0 unspecified atom stereocenters. The van der Waals surface area contributed by atoms with E-state index in [0.29, 0.717) is 5.82 Å². The Morgan fingerprint density at radius 1 is 0.929 bits per heavy atom. The quantitative estimate of drug-likeness (QED) is 0.560. The van der Waals surface area contributed by atoms with Crippen molar-refractivity contribution in [2.24, 2.45) is 0 Å². The summed E-state index contributed by atoms with van der Waals surface area (Å²) in [7, 11) is 1.70. The molecule has 0 bridgehead atoms. The average molecular weight is 371 g/mol. The Balaban J connectivity index is 1.77. The van der Waals surface area contributed by atoms with Gasteiger partial charge in [-0.15, -0.1) is 5.10 Å². The number of hydrogen-bond donors (Lipinski definition) is 1. The maximum absolute atomic E-state index is 5.67. The first-order valence-electron chi connectivity index (χ1n) is 9.19. The average Bonchev–Trinajstić information content (AvgIpc) is 3.28. The number of aromatic nitrogens is 5. The summed E-state index contributed by atoms with van der Waals surface area (Å²) >= 11 is 0. The molecule has 0 aliphatic carbocycles. The minimum atomic E-state index is 0.652. The molecule has 2 aromatic carbocycles. The van der Waals surface area contributed by atoms with Crippen LogP contribution in [0.25, 0.3) is 33.6 Å². The Morgan fingerprint density at radius 2 is 1.61 bits per heavy atom. The lowest BCUT2D eigenvalue weighted by Crippen LogP contribution is -1.99. The summed E-state index contributed by atoms with van der Waals surface area (Å²) in [5.74, 6) is 1.49. The molecule has 2 heterocycles. The van der Waals surface area contributed by atoms with E-state index in [4.69, 9.17) is 4.74 Å². The van der Waals surface area contributed by atoms with Gasteiger partial charge < -0.3 is 4.74 Å². The number of aryl methyl sites for hydroxylation is 2. The van der Waals surface area contributed by atoms with Crippen LogP contribution in [0.3, 0.4) is 0 Å². The van der Waals surface area contributed by atoms with Gasteiger partial charge in [0.05, 0.1) is 12.8 Å². The van der Waals surface area contributed by atoms with Gasteiger partial charge in [-0.2, -0.15) is 0 Å². The number of hydrogen-bond acceptors (Lipinski definition) is 5. The topological polar surface area (TPSA) is 76.6 Å². The van der Waals surface area contributed by atoms with Crippen LogP contribution in [0.5, 0.6) is 5.75 Å². The van der Waals surface area contributed by atoms with E-state index in [9.17, 15) is 0 Å². The van der Waals surface area contributed by atoms with Crippen LogP contribution in [-0.4, -0.2) is 32.7 Å². The number of nitrogens with zero attached hydrogens (tertiary/aromatic N) is 4. The normalized spacial score (nSPS) is 10.8. The molecule has 0 atom stereocenters. The summed E-state index contributed by atoms with van der Waals surface area (Å²) in [5.41, 5.74) is 7.25. The van der Waals surface area contributed by atoms with Crippen LogP contribution in [0.4, 0.5) is 0 Å². The smallest absolute Gasteiger partial charge is 0.180 e. The second kappa shape index (κ2) is 7.60. The highest BCUT2D eigenvalue weighted by Gasteiger charge is 2.14. The van der Waals surface area contributed by atoms with E-state index in [-0.39, 0.29) is 0 Å². The van der Waals surface area contributed by atoms with Crippen LogP contribution in [0.2, 0.25) is 0 Å². The fraction of sp³-hybridized carbons (Fsp3) is 0.182. The summed E-state index contributed by atoms with van der Waals surface area (Å²) < 4.78 is 5.67. The zero-order valence-corrected chi connectivity index (χ0v) is 16.1. The van der Waals surface area contributed by atoms with Gasteiger partial charge in [0.25, 0.3) is 0 Å². The molecule has 140 valence electrons. The van der Waals surface area contributed by atoms with Crippen molar-refractivity contribution in [1.82, 2.24) is 25.6 Å². The first-order chi connectivity index (χ1) is 13.7. The van der Waals surface area contributed by atoms with Crippen LogP contribution in [0, 0.1) is 6.92 Å². The Bertz CT molecular complexity index is 1090. The number of benzene rings is 2. The van der Waals surface area contributed by atoms with Crippen molar-refractivity contribution in [2.45, 2.75) is 20.3 Å². The number of pyridine rings is 1. The number of nitrogens with one attached hydrogen (secondary N) is 1. The molecule has 0 spiro atoms. The molecule has 4 rings (SSSR count). The first kappa shape index (κ1) is 17.9. The standard InChI is InChI=1S/C22H21N5O/c1-4-20-21(28-3)19(13-14(2)23-20)16-11-9-15(10-12-16)17-7-5-6-8-18(17)22-24-26-27-25-22/h5-13H,4H2,1-3H3,(H,24,25,26,27). The zero-order chi connectivity index (χ0) is 19.5.